The second-order valence-corrected chi connectivity index (χ2v) is 10.1. The first-order valence-electron chi connectivity index (χ1n) is 9.81. The third-order valence-electron chi connectivity index (χ3n) is 6.45. The van der Waals surface area contributed by atoms with Crippen molar-refractivity contribution in [3.63, 3.8) is 0 Å². The molecule has 2 heteroatoms. The average molecular weight is 340 g/mol. The molecule has 136 valence electrons. The maximum Gasteiger partial charge on any atom is 0.287 e. The SMILES string of the molecule is CC(C)CC1(C)[n+]2cnc(C(C)(C)C)cc2C2=C(C=CCC2)C1(C)C. The molecule has 0 aromatic carbocycles. The lowest BCUT2D eigenvalue weighted by molar-refractivity contribution is -0.782. The highest BCUT2D eigenvalue weighted by molar-refractivity contribution is 5.71. The fraction of sp³-hybridized carbons (Fsp3) is 0.652. The minimum atomic E-state index is 0.0282. The van der Waals surface area contributed by atoms with Crippen LogP contribution in [0.25, 0.3) is 5.57 Å². The number of hydrogen-bond donors (Lipinski definition) is 0. The van der Waals surface area contributed by atoms with E-state index in [1.54, 1.807) is 0 Å². The van der Waals surface area contributed by atoms with Gasteiger partial charge in [-0.2, -0.15) is 0 Å². The third kappa shape index (κ3) is 2.78. The van der Waals surface area contributed by atoms with E-state index < -0.39 is 0 Å². The highest BCUT2D eigenvalue weighted by Crippen LogP contribution is 2.51. The Morgan fingerprint density at radius 3 is 2.48 bits per heavy atom. The molecule has 1 atom stereocenters. The molecular formula is C23H35N2+. The van der Waals surface area contributed by atoms with E-state index in [1.807, 2.05) is 0 Å². The van der Waals surface area contributed by atoms with Crippen LogP contribution in [-0.4, -0.2) is 4.98 Å². The highest BCUT2D eigenvalue weighted by atomic mass is 15.1. The smallest absolute Gasteiger partial charge is 0.224 e. The molecule has 1 aliphatic heterocycles. The molecule has 1 aromatic heterocycles. The van der Waals surface area contributed by atoms with Crippen LogP contribution in [0.3, 0.4) is 0 Å². The van der Waals surface area contributed by atoms with E-state index in [2.05, 4.69) is 84.5 Å². The molecule has 0 saturated heterocycles. The van der Waals surface area contributed by atoms with Gasteiger partial charge >= 0.3 is 0 Å². The Bertz CT molecular complexity index is 744. The Balaban J connectivity index is 2.31. The molecule has 0 N–H and O–H groups in total. The van der Waals surface area contributed by atoms with Gasteiger partial charge in [0.05, 0.1) is 0 Å². The quantitative estimate of drug-likeness (QED) is 0.644. The molecule has 2 nitrogen and oxygen atoms in total. The Hall–Kier alpha value is -1.44. The topological polar surface area (TPSA) is 16.8 Å². The summed E-state index contributed by atoms with van der Waals surface area (Å²) in [5.74, 6) is 0.640. The third-order valence-corrected chi connectivity index (χ3v) is 6.45. The van der Waals surface area contributed by atoms with Crippen molar-refractivity contribution in [2.75, 3.05) is 0 Å². The van der Waals surface area contributed by atoms with Gasteiger partial charge in [-0.25, -0.2) is 4.57 Å². The highest BCUT2D eigenvalue weighted by Gasteiger charge is 2.53. The zero-order valence-corrected chi connectivity index (χ0v) is 17.4. The van der Waals surface area contributed by atoms with E-state index in [4.69, 9.17) is 4.98 Å². The summed E-state index contributed by atoms with van der Waals surface area (Å²) in [7, 11) is 0. The largest absolute Gasteiger partial charge is 0.287 e. The van der Waals surface area contributed by atoms with E-state index in [9.17, 15) is 0 Å². The Morgan fingerprint density at radius 2 is 1.88 bits per heavy atom. The van der Waals surface area contributed by atoms with Crippen molar-refractivity contribution in [2.45, 2.75) is 85.6 Å². The normalized spacial score (nSPS) is 25.2. The molecule has 0 spiro atoms. The second kappa shape index (κ2) is 5.79. The van der Waals surface area contributed by atoms with E-state index in [0.29, 0.717) is 5.92 Å². The Kier molecular flexibility index (Phi) is 4.25. The van der Waals surface area contributed by atoms with Gasteiger partial charge in [0, 0.05) is 22.5 Å². The van der Waals surface area contributed by atoms with Gasteiger partial charge in [-0.3, -0.25) is 0 Å². The Labute approximate surface area is 154 Å². The summed E-state index contributed by atoms with van der Waals surface area (Å²) in [6.45, 7) is 18.7. The first-order valence-corrected chi connectivity index (χ1v) is 9.81. The van der Waals surface area contributed by atoms with E-state index in [-0.39, 0.29) is 16.4 Å². The van der Waals surface area contributed by atoms with Gasteiger partial charge in [-0.15, -0.1) is 0 Å². The minimum absolute atomic E-state index is 0.0282. The van der Waals surface area contributed by atoms with Gasteiger partial charge < -0.3 is 0 Å². The monoisotopic (exact) mass is 339 g/mol. The van der Waals surface area contributed by atoms with Gasteiger partial charge in [0.1, 0.15) is 11.2 Å². The number of fused-ring (bicyclic) bond motifs is 2. The number of rotatable bonds is 2. The fourth-order valence-electron chi connectivity index (χ4n) is 4.71. The Morgan fingerprint density at radius 1 is 1.20 bits per heavy atom. The second-order valence-electron chi connectivity index (χ2n) is 10.1. The number of hydrogen-bond acceptors (Lipinski definition) is 1. The molecule has 1 aliphatic carbocycles. The van der Waals surface area contributed by atoms with Crippen LogP contribution < -0.4 is 4.57 Å². The van der Waals surface area contributed by atoms with Crippen molar-refractivity contribution in [3.05, 3.63) is 41.5 Å². The summed E-state index contributed by atoms with van der Waals surface area (Å²) in [4.78, 5) is 4.89. The van der Waals surface area contributed by atoms with Crippen LogP contribution in [0, 0.1) is 11.3 Å². The molecule has 1 aromatic rings. The van der Waals surface area contributed by atoms with Crippen LogP contribution >= 0.6 is 0 Å². The fourth-order valence-corrected chi connectivity index (χ4v) is 4.71. The van der Waals surface area contributed by atoms with E-state index >= 15 is 0 Å². The number of allylic oxidation sites excluding steroid dienone is 4. The molecule has 0 bridgehead atoms. The zero-order chi connectivity index (χ0) is 18.6. The van der Waals surface area contributed by atoms with E-state index in [1.165, 1.54) is 22.5 Å². The molecule has 0 amide bonds. The number of nitrogens with zero attached hydrogens (tertiary/aromatic N) is 2. The molecule has 3 rings (SSSR count). The first-order chi connectivity index (χ1) is 11.5. The van der Waals surface area contributed by atoms with Crippen molar-refractivity contribution in [2.24, 2.45) is 11.3 Å². The standard InChI is InChI=1S/C23H35N2/c1-16(2)14-23(8)22(6,7)18-12-10-9-11-17(18)19-13-20(21(3,4)5)24-15-25(19)23/h10,12-13,15-16H,9,11,14H2,1-8H3/q+1. The summed E-state index contributed by atoms with van der Waals surface area (Å²) < 4.78 is 2.50. The van der Waals surface area contributed by atoms with Gasteiger partial charge in [-0.1, -0.05) is 65.6 Å². The van der Waals surface area contributed by atoms with Crippen LogP contribution in [0.1, 0.15) is 86.0 Å². The van der Waals surface area contributed by atoms with Crippen molar-refractivity contribution >= 4 is 5.57 Å². The van der Waals surface area contributed by atoms with Crippen molar-refractivity contribution in [1.29, 1.82) is 0 Å². The van der Waals surface area contributed by atoms with Crippen LogP contribution in [0.4, 0.5) is 0 Å². The average Bonchev–Trinajstić information content (AvgIpc) is 2.51. The molecule has 0 radical (unpaired) electrons. The van der Waals surface area contributed by atoms with E-state index in [0.717, 1.165) is 19.3 Å². The van der Waals surface area contributed by atoms with Crippen molar-refractivity contribution in [3.8, 4) is 0 Å². The zero-order valence-electron chi connectivity index (χ0n) is 17.4. The minimum Gasteiger partial charge on any atom is -0.224 e. The molecule has 2 heterocycles. The summed E-state index contributed by atoms with van der Waals surface area (Å²) in [6, 6.07) is 2.36. The van der Waals surface area contributed by atoms with Gasteiger partial charge in [0.2, 0.25) is 0 Å². The number of aromatic nitrogens is 2. The summed E-state index contributed by atoms with van der Waals surface area (Å²) in [5, 5.41) is 0. The lowest BCUT2D eigenvalue weighted by Crippen LogP contribution is -2.67. The van der Waals surface area contributed by atoms with Crippen LogP contribution in [0.5, 0.6) is 0 Å². The van der Waals surface area contributed by atoms with Gasteiger partial charge in [0.15, 0.2) is 5.69 Å². The van der Waals surface area contributed by atoms with Crippen molar-refractivity contribution < 1.29 is 4.57 Å². The van der Waals surface area contributed by atoms with Crippen LogP contribution in [0.15, 0.2) is 30.1 Å². The molecule has 25 heavy (non-hydrogen) atoms. The predicted molar refractivity (Wildman–Crippen MR) is 105 cm³/mol. The maximum atomic E-state index is 4.89. The van der Waals surface area contributed by atoms with Crippen LogP contribution in [-0.2, 0) is 11.0 Å². The first kappa shape index (κ1) is 18.4. The van der Waals surface area contributed by atoms with Crippen molar-refractivity contribution in [1.82, 2.24) is 4.98 Å². The lowest BCUT2D eigenvalue weighted by atomic mass is 9.60. The van der Waals surface area contributed by atoms with Crippen LogP contribution in [0.2, 0.25) is 0 Å². The molecule has 2 aliphatic rings. The molecular weight excluding hydrogens is 304 g/mol. The maximum absolute atomic E-state index is 4.89. The van der Waals surface area contributed by atoms with Gasteiger partial charge in [-0.05, 0) is 37.7 Å². The lowest BCUT2D eigenvalue weighted by Gasteiger charge is -2.49. The van der Waals surface area contributed by atoms with Gasteiger partial charge in [0.25, 0.3) is 6.33 Å². The summed E-state index contributed by atoms with van der Waals surface area (Å²) >= 11 is 0. The molecule has 1 unspecified atom stereocenters. The molecule has 0 saturated carbocycles. The summed E-state index contributed by atoms with van der Waals surface area (Å²) in [5.41, 5.74) is 5.83. The molecule has 0 fully saturated rings. The summed E-state index contributed by atoms with van der Waals surface area (Å²) in [6.07, 6.45) is 10.3. The predicted octanol–water partition coefficient (Wildman–Crippen LogP) is 5.57.